The maximum Gasteiger partial charge on any atom is 0.270 e. The van der Waals surface area contributed by atoms with E-state index >= 15 is 0 Å². The molecule has 2 aliphatic rings. The fourth-order valence-corrected chi connectivity index (χ4v) is 6.25. The van der Waals surface area contributed by atoms with Crippen LogP contribution in [0.25, 0.3) is 11.0 Å². The summed E-state index contributed by atoms with van der Waals surface area (Å²) in [7, 11) is -4.05. The summed E-state index contributed by atoms with van der Waals surface area (Å²) in [5, 5.41) is 15.2. The number of hydrogen-bond donors (Lipinski definition) is 1. The van der Waals surface area contributed by atoms with Crippen LogP contribution in [0.5, 0.6) is 11.5 Å². The average molecular weight is 547 g/mol. The van der Waals surface area contributed by atoms with Gasteiger partial charge in [0.2, 0.25) is 0 Å². The van der Waals surface area contributed by atoms with Gasteiger partial charge in [-0.25, -0.2) is 17.4 Å². The quantitative estimate of drug-likeness (QED) is 0.354. The van der Waals surface area contributed by atoms with Crippen LogP contribution in [-0.2, 0) is 14.8 Å². The Kier molecular flexibility index (Phi) is 6.67. The molecule has 0 bridgehead atoms. The van der Waals surface area contributed by atoms with E-state index in [1.165, 1.54) is 13.1 Å². The van der Waals surface area contributed by atoms with Gasteiger partial charge in [-0.15, -0.1) is 0 Å². The molecule has 39 heavy (non-hydrogen) atoms. The van der Waals surface area contributed by atoms with Gasteiger partial charge in [-0.2, -0.15) is 5.10 Å². The molecule has 6 rings (SSSR count). The van der Waals surface area contributed by atoms with Crippen molar-refractivity contribution >= 4 is 21.1 Å². The predicted molar refractivity (Wildman–Crippen MR) is 145 cm³/mol. The highest BCUT2D eigenvalue weighted by atomic mass is 32.2. The van der Waals surface area contributed by atoms with Crippen LogP contribution >= 0.6 is 0 Å². The number of aromatic nitrogens is 4. The third kappa shape index (κ3) is 5.05. The highest BCUT2D eigenvalue weighted by Crippen LogP contribution is 2.42. The molecule has 1 saturated heterocycles. The predicted octanol–water partition coefficient (Wildman–Crippen LogP) is 4.53. The standard InChI is InChI=1S/C29H30N4O5S/c1-19-3-9-24(10-4-19)39(35,36)33-23(6-5-20(2)34)17-25-26(11-14-30-29(25)33)38-27-18-32(22-7-8-22)31-28(27)21-12-15-37-16-13-21/h3-4,9-11,14,17-18,20-22,34H,7-8,12-13,15-16H2,1-2H3/t20-/m0/s1. The van der Waals surface area contributed by atoms with Gasteiger partial charge in [0.25, 0.3) is 10.0 Å². The van der Waals surface area contributed by atoms with E-state index in [0.717, 1.165) is 40.9 Å². The van der Waals surface area contributed by atoms with Gasteiger partial charge >= 0.3 is 0 Å². The lowest BCUT2D eigenvalue weighted by atomic mass is 9.96. The van der Waals surface area contributed by atoms with E-state index in [2.05, 4.69) is 16.8 Å². The second-order valence-corrected chi connectivity index (χ2v) is 12.0. The summed E-state index contributed by atoms with van der Waals surface area (Å²) in [6.07, 6.45) is 6.48. The highest BCUT2D eigenvalue weighted by molar-refractivity contribution is 7.90. The zero-order valence-corrected chi connectivity index (χ0v) is 22.7. The first kappa shape index (κ1) is 25.6. The normalized spacial score (nSPS) is 17.1. The van der Waals surface area contributed by atoms with Crippen LogP contribution < -0.4 is 4.74 Å². The van der Waals surface area contributed by atoms with Crippen molar-refractivity contribution in [2.75, 3.05) is 13.2 Å². The van der Waals surface area contributed by atoms with Crippen molar-refractivity contribution in [3.63, 3.8) is 0 Å². The van der Waals surface area contributed by atoms with Crippen LogP contribution in [0.1, 0.15) is 61.5 Å². The number of aliphatic hydroxyl groups excluding tert-OH is 1. The molecule has 1 atom stereocenters. The minimum Gasteiger partial charge on any atom is -0.453 e. The molecule has 0 radical (unpaired) electrons. The van der Waals surface area contributed by atoms with Gasteiger partial charge in [-0.1, -0.05) is 23.6 Å². The summed E-state index contributed by atoms with van der Waals surface area (Å²) in [5.41, 5.74) is 2.23. The van der Waals surface area contributed by atoms with Crippen molar-refractivity contribution in [3.8, 4) is 23.3 Å². The van der Waals surface area contributed by atoms with Gasteiger partial charge in [0.05, 0.1) is 22.5 Å². The number of rotatable bonds is 6. The van der Waals surface area contributed by atoms with Gasteiger partial charge < -0.3 is 14.6 Å². The first-order chi connectivity index (χ1) is 18.8. The third-order valence-corrected chi connectivity index (χ3v) is 8.78. The molecule has 0 spiro atoms. The highest BCUT2D eigenvalue weighted by Gasteiger charge is 2.31. The van der Waals surface area contributed by atoms with Crippen molar-refractivity contribution in [1.29, 1.82) is 0 Å². The van der Waals surface area contributed by atoms with Crippen molar-refractivity contribution in [1.82, 2.24) is 18.7 Å². The van der Waals surface area contributed by atoms with Crippen LogP contribution in [0.15, 0.2) is 53.7 Å². The third-order valence-electron chi connectivity index (χ3n) is 7.06. The summed E-state index contributed by atoms with van der Waals surface area (Å²) in [5.74, 6) is 6.84. The average Bonchev–Trinajstić information content (AvgIpc) is 3.57. The van der Waals surface area contributed by atoms with Gasteiger partial charge in [0.15, 0.2) is 11.4 Å². The molecule has 1 N–H and O–H groups in total. The zero-order chi connectivity index (χ0) is 27.1. The van der Waals surface area contributed by atoms with Gasteiger partial charge in [-0.05, 0) is 69.7 Å². The maximum atomic E-state index is 13.8. The lowest BCUT2D eigenvalue weighted by Gasteiger charge is -2.21. The molecule has 4 aromatic rings. The number of aliphatic hydroxyl groups is 1. The van der Waals surface area contributed by atoms with Crippen LogP contribution in [0.3, 0.4) is 0 Å². The number of aryl methyl sites for hydroxylation is 1. The van der Waals surface area contributed by atoms with E-state index in [1.807, 2.05) is 17.8 Å². The summed E-state index contributed by atoms with van der Waals surface area (Å²) >= 11 is 0. The summed E-state index contributed by atoms with van der Waals surface area (Å²) in [6.45, 7) is 4.79. The van der Waals surface area contributed by atoms with E-state index in [-0.39, 0.29) is 22.2 Å². The molecule has 4 heterocycles. The van der Waals surface area contributed by atoms with Crippen LogP contribution in [-0.4, -0.2) is 51.6 Å². The Morgan fingerprint density at radius 2 is 1.85 bits per heavy atom. The largest absolute Gasteiger partial charge is 0.453 e. The minimum absolute atomic E-state index is 0.117. The number of fused-ring (bicyclic) bond motifs is 1. The lowest BCUT2D eigenvalue weighted by molar-refractivity contribution is 0.0839. The Morgan fingerprint density at radius 3 is 2.54 bits per heavy atom. The SMILES string of the molecule is Cc1ccc(S(=O)(=O)n2c(C#C[C@H](C)O)cc3c(Oc4cn(C5CC5)nc4C4CCOCC4)ccnc32)cc1. The monoisotopic (exact) mass is 546 g/mol. The Hall–Kier alpha value is -3.65. The topological polar surface area (TPSA) is 108 Å². The number of ether oxygens (including phenoxy) is 2. The number of nitrogens with zero attached hydrogens (tertiary/aromatic N) is 4. The summed E-state index contributed by atoms with van der Waals surface area (Å²) in [6, 6.07) is 10.4. The number of hydrogen-bond acceptors (Lipinski definition) is 7. The van der Waals surface area contributed by atoms with E-state index in [9.17, 15) is 13.5 Å². The smallest absolute Gasteiger partial charge is 0.270 e. The molecular formula is C29H30N4O5S. The molecule has 10 heteroatoms. The molecule has 1 aliphatic carbocycles. The molecule has 1 aromatic carbocycles. The van der Waals surface area contributed by atoms with Crippen LogP contribution in [0.2, 0.25) is 0 Å². The Bertz CT molecular complexity index is 1680. The zero-order valence-electron chi connectivity index (χ0n) is 21.9. The van der Waals surface area contributed by atoms with E-state index in [1.54, 1.807) is 36.4 Å². The lowest BCUT2D eigenvalue weighted by Crippen LogP contribution is -2.15. The molecule has 3 aromatic heterocycles. The number of benzene rings is 1. The van der Waals surface area contributed by atoms with Crippen LogP contribution in [0.4, 0.5) is 0 Å². The molecule has 1 saturated carbocycles. The first-order valence-electron chi connectivity index (χ1n) is 13.2. The molecule has 0 unspecified atom stereocenters. The van der Waals surface area contributed by atoms with Gasteiger partial charge in [-0.3, -0.25) is 4.68 Å². The van der Waals surface area contributed by atoms with Crippen molar-refractivity contribution in [2.24, 2.45) is 0 Å². The van der Waals surface area contributed by atoms with Crippen molar-refractivity contribution in [2.45, 2.75) is 62.5 Å². The molecule has 0 amide bonds. The molecule has 2 fully saturated rings. The molecule has 1 aliphatic heterocycles. The molecule has 9 nitrogen and oxygen atoms in total. The van der Waals surface area contributed by atoms with E-state index in [4.69, 9.17) is 14.6 Å². The minimum atomic E-state index is -4.05. The van der Waals surface area contributed by atoms with Crippen LogP contribution in [0, 0.1) is 18.8 Å². The Labute approximate surface area is 227 Å². The second-order valence-electron chi connectivity index (χ2n) is 10.2. The van der Waals surface area contributed by atoms with Gasteiger partial charge in [0.1, 0.15) is 23.2 Å². The summed E-state index contributed by atoms with van der Waals surface area (Å²) in [4.78, 5) is 4.55. The number of pyridine rings is 1. The maximum absolute atomic E-state index is 13.8. The second kappa shape index (κ2) is 10.2. The van der Waals surface area contributed by atoms with Crippen molar-refractivity contribution in [3.05, 3.63) is 65.7 Å². The van der Waals surface area contributed by atoms with E-state index < -0.39 is 16.1 Å². The van der Waals surface area contributed by atoms with E-state index in [0.29, 0.717) is 36.1 Å². The molecular weight excluding hydrogens is 516 g/mol. The fraction of sp³-hybridized carbons (Fsp3) is 0.379. The molecule has 202 valence electrons. The Balaban J connectivity index is 1.47. The fourth-order valence-electron chi connectivity index (χ4n) is 4.83. The van der Waals surface area contributed by atoms with Gasteiger partial charge in [0, 0.05) is 25.3 Å². The summed E-state index contributed by atoms with van der Waals surface area (Å²) < 4.78 is 42.8. The Morgan fingerprint density at radius 1 is 1.10 bits per heavy atom. The van der Waals surface area contributed by atoms with Crippen molar-refractivity contribution < 1.29 is 23.0 Å². The first-order valence-corrected chi connectivity index (χ1v) is 14.6.